The van der Waals surface area contributed by atoms with Gasteiger partial charge in [0.2, 0.25) is 0 Å². The summed E-state index contributed by atoms with van der Waals surface area (Å²) in [6, 6.07) is 13.8. The fourth-order valence-electron chi connectivity index (χ4n) is 3.56. The van der Waals surface area contributed by atoms with Crippen LogP contribution in [0.15, 0.2) is 47.5 Å². The van der Waals surface area contributed by atoms with Gasteiger partial charge in [-0.25, -0.2) is 4.99 Å². The minimum Gasteiger partial charge on any atom is -0.396 e. The third kappa shape index (κ3) is 6.01. The molecule has 0 aromatic heterocycles. The van der Waals surface area contributed by atoms with Gasteiger partial charge in [0.1, 0.15) is 0 Å². The summed E-state index contributed by atoms with van der Waals surface area (Å²) in [6.45, 7) is 4.76. The Bertz CT molecular complexity index is 833. The standard InChI is InChI=1S/C22H28Cl2N4O/c1-15(20-7-4-18(23)12-21(20)24)27-22(25)26-13-16-2-5-19(6-3-16)28-10-8-17(14-29)9-11-28/h2-7,12,15,17,29H,8-11,13-14H2,1H3,(H3,25,26,27). The first kappa shape index (κ1) is 21.8. The number of aliphatic hydroxyl groups excluding tert-OH is 1. The zero-order valence-electron chi connectivity index (χ0n) is 16.6. The van der Waals surface area contributed by atoms with E-state index in [4.69, 9.17) is 28.9 Å². The van der Waals surface area contributed by atoms with Crippen molar-refractivity contribution in [2.24, 2.45) is 16.6 Å². The number of piperidine rings is 1. The van der Waals surface area contributed by atoms with Gasteiger partial charge >= 0.3 is 0 Å². The Morgan fingerprint density at radius 2 is 1.90 bits per heavy atom. The molecule has 1 unspecified atom stereocenters. The summed E-state index contributed by atoms with van der Waals surface area (Å²) in [4.78, 5) is 6.81. The summed E-state index contributed by atoms with van der Waals surface area (Å²) in [7, 11) is 0. The van der Waals surface area contributed by atoms with Gasteiger partial charge in [-0.05, 0) is 61.1 Å². The lowest BCUT2D eigenvalue weighted by Crippen LogP contribution is -2.34. The Hall–Kier alpha value is -1.95. The molecule has 156 valence electrons. The summed E-state index contributed by atoms with van der Waals surface area (Å²) in [5, 5.41) is 13.7. The summed E-state index contributed by atoms with van der Waals surface area (Å²) in [5.41, 5.74) is 9.29. The SMILES string of the molecule is CC(NC(N)=NCc1ccc(N2CCC(CO)CC2)cc1)c1ccc(Cl)cc1Cl. The zero-order valence-corrected chi connectivity index (χ0v) is 18.1. The fraction of sp³-hybridized carbons (Fsp3) is 0.409. The van der Waals surface area contributed by atoms with E-state index in [2.05, 4.69) is 39.5 Å². The Morgan fingerprint density at radius 3 is 2.52 bits per heavy atom. The molecule has 29 heavy (non-hydrogen) atoms. The normalized spacial score (nSPS) is 16.7. The van der Waals surface area contributed by atoms with Gasteiger partial charge in [-0.1, -0.05) is 41.4 Å². The van der Waals surface area contributed by atoms with Crippen molar-refractivity contribution in [3.8, 4) is 0 Å². The monoisotopic (exact) mass is 434 g/mol. The highest BCUT2D eigenvalue weighted by atomic mass is 35.5. The largest absolute Gasteiger partial charge is 0.396 e. The van der Waals surface area contributed by atoms with Gasteiger partial charge in [0.25, 0.3) is 0 Å². The Balaban J connectivity index is 1.54. The molecular formula is C22H28Cl2N4O. The van der Waals surface area contributed by atoms with Crippen LogP contribution in [-0.4, -0.2) is 30.8 Å². The summed E-state index contributed by atoms with van der Waals surface area (Å²) >= 11 is 12.2. The minimum atomic E-state index is -0.0762. The third-order valence-electron chi connectivity index (χ3n) is 5.40. The number of benzene rings is 2. The minimum absolute atomic E-state index is 0.0762. The molecule has 0 radical (unpaired) electrons. The average molecular weight is 435 g/mol. The van der Waals surface area contributed by atoms with Crippen LogP contribution < -0.4 is 16.0 Å². The molecule has 0 spiro atoms. The lowest BCUT2D eigenvalue weighted by Gasteiger charge is -2.32. The van der Waals surface area contributed by atoms with E-state index in [9.17, 15) is 5.11 Å². The molecule has 0 amide bonds. The van der Waals surface area contributed by atoms with Crippen LogP contribution in [0.5, 0.6) is 0 Å². The zero-order chi connectivity index (χ0) is 20.8. The Kier molecular flexibility index (Phi) is 7.64. The lowest BCUT2D eigenvalue weighted by atomic mass is 9.97. The number of halogens is 2. The lowest BCUT2D eigenvalue weighted by molar-refractivity contribution is 0.203. The van der Waals surface area contributed by atoms with Crippen molar-refractivity contribution < 1.29 is 5.11 Å². The fourth-order valence-corrected chi connectivity index (χ4v) is 4.13. The predicted octanol–water partition coefficient (Wildman–Crippen LogP) is 4.37. The van der Waals surface area contributed by atoms with Crippen LogP contribution in [0.1, 0.15) is 36.9 Å². The first-order valence-electron chi connectivity index (χ1n) is 9.92. The van der Waals surface area contributed by atoms with E-state index in [1.54, 1.807) is 6.07 Å². The second-order valence-electron chi connectivity index (χ2n) is 7.51. The van der Waals surface area contributed by atoms with Crippen molar-refractivity contribution in [2.45, 2.75) is 32.4 Å². The van der Waals surface area contributed by atoms with Crippen LogP contribution in [0.25, 0.3) is 0 Å². The van der Waals surface area contributed by atoms with E-state index in [1.807, 2.05) is 19.1 Å². The number of guanidine groups is 1. The van der Waals surface area contributed by atoms with E-state index >= 15 is 0 Å². The first-order chi connectivity index (χ1) is 14.0. The van der Waals surface area contributed by atoms with Gasteiger partial charge < -0.3 is 21.1 Å². The van der Waals surface area contributed by atoms with Crippen molar-refractivity contribution in [2.75, 3.05) is 24.6 Å². The highest BCUT2D eigenvalue weighted by Gasteiger charge is 2.18. The van der Waals surface area contributed by atoms with Gasteiger partial charge in [-0.15, -0.1) is 0 Å². The van der Waals surface area contributed by atoms with Crippen molar-refractivity contribution >= 4 is 34.8 Å². The van der Waals surface area contributed by atoms with E-state index < -0.39 is 0 Å². The van der Waals surface area contributed by atoms with Crippen molar-refractivity contribution in [1.29, 1.82) is 0 Å². The van der Waals surface area contributed by atoms with Gasteiger partial charge in [-0.3, -0.25) is 0 Å². The molecule has 3 rings (SSSR count). The Labute approximate surface area is 182 Å². The van der Waals surface area contributed by atoms with Crippen molar-refractivity contribution in [1.82, 2.24) is 5.32 Å². The van der Waals surface area contributed by atoms with Crippen LogP contribution in [0.4, 0.5) is 5.69 Å². The molecule has 2 aromatic rings. The molecule has 1 atom stereocenters. The van der Waals surface area contributed by atoms with E-state index in [0.29, 0.717) is 35.1 Å². The highest BCUT2D eigenvalue weighted by molar-refractivity contribution is 6.35. The summed E-state index contributed by atoms with van der Waals surface area (Å²) in [5.74, 6) is 0.819. The number of hydrogen-bond donors (Lipinski definition) is 3. The van der Waals surface area contributed by atoms with Crippen LogP contribution in [0.3, 0.4) is 0 Å². The van der Waals surface area contributed by atoms with Crippen LogP contribution in [0.2, 0.25) is 10.0 Å². The van der Waals surface area contributed by atoms with Crippen LogP contribution in [0, 0.1) is 5.92 Å². The van der Waals surface area contributed by atoms with Crippen LogP contribution >= 0.6 is 23.2 Å². The number of nitrogens with one attached hydrogen (secondary N) is 1. The number of nitrogens with zero attached hydrogens (tertiary/aromatic N) is 2. The number of aliphatic hydroxyl groups is 1. The molecule has 0 saturated carbocycles. The molecule has 5 nitrogen and oxygen atoms in total. The first-order valence-corrected chi connectivity index (χ1v) is 10.7. The van der Waals surface area contributed by atoms with Crippen LogP contribution in [-0.2, 0) is 6.54 Å². The maximum absolute atomic E-state index is 9.27. The van der Waals surface area contributed by atoms with Crippen molar-refractivity contribution in [3.63, 3.8) is 0 Å². The molecule has 1 aliphatic rings. The molecule has 1 aliphatic heterocycles. The van der Waals surface area contributed by atoms with Gasteiger partial charge in [0.05, 0.1) is 12.6 Å². The number of nitrogens with two attached hydrogens (primary N) is 1. The van der Waals surface area contributed by atoms with Gasteiger partial charge in [0.15, 0.2) is 5.96 Å². The van der Waals surface area contributed by atoms with E-state index in [1.165, 1.54) is 5.69 Å². The maximum atomic E-state index is 9.27. The molecule has 4 N–H and O–H groups in total. The van der Waals surface area contributed by atoms with E-state index in [-0.39, 0.29) is 6.04 Å². The number of anilines is 1. The number of aliphatic imine (C=N–C) groups is 1. The Morgan fingerprint density at radius 1 is 1.21 bits per heavy atom. The third-order valence-corrected chi connectivity index (χ3v) is 5.96. The molecular weight excluding hydrogens is 407 g/mol. The number of rotatable bonds is 6. The molecule has 1 fully saturated rings. The van der Waals surface area contributed by atoms with Gasteiger partial charge in [-0.2, -0.15) is 0 Å². The van der Waals surface area contributed by atoms with Gasteiger partial charge in [0, 0.05) is 35.4 Å². The molecule has 1 heterocycles. The molecule has 7 heteroatoms. The molecule has 1 saturated heterocycles. The average Bonchev–Trinajstić information content (AvgIpc) is 2.72. The smallest absolute Gasteiger partial charge is 0.189 e. The topological polar surface area (TPSA) is 73.9 Å². The summed E-state index contributed by atoms with van der Waals surface area (Å²) < 4.78 is 0. The second-order valence-corrected chi connectivity index (χ2v) is 8.36. The number of hydrogen-bond acceptors (Lipinski definition) is 3. The molecule has 0 aliphatic carbocycles. The summed E-state index contributed by atoms with van der Waals surface area (Å²) in [6.07, 6.45) is 2.08. The maximum Gasteiger partial charge on any atom is 0.189 e. The predicted molar refractivity (Wildman–Crippen MR) is 122 cm³/mol. The van der Waals surface area contributed by atoms with E-state index in [0.717, 1.165) is 37.1 Å². The molecule has 2 aromatic carbocycles. The van der Waals surface area contributed by atoms with Crippen molar-refractivity contribution in [3.05, 3.63) is 63.6 Å². The molecule has 0 bridgehead atoms. The highest BCUT2D eigenvalue weighted by Crippen LogP contribution is 2.26. The second kappa shape index (κ2) is 10.2. The quantitative estimate of drug-likeness (QED) is 0.466.